The molecule has 2 N–H and O–H groups in total. The Hall–Kier alpha value is -1.31. The fourth-order valence-electron chi connectivity index (χ4n) is 1.37. The summed E-state index contributed by atoms with van der Waals surface area (Å²) in [5.74, 6) is -0.294. The van der Waals surface area contributed by atoms with E-state index in [9.17, 15) is 9.59 Å². The molecule has 1 atom stereocenters. The Morgan fingerprint density at radius 3 is 2.50 bits per heavy atom. The molecule has 1 rings (SSSR count). The molecule has 0 aliphatic carbocycles. The van der Waals surface area contributed by atoms with Gasteiger partial charge in [-0.3, -0.25) is 4.79 Å². The van der Waals surface area contributed by atoms with Crippen LogP contribution in [0.25, 0.3) is 0 Å². The molecule has 0 heterocycles. The van der Waals surface area contributed by atoms with Crippen LogP contribution in [-0.2, 0) is 9.53 Å². The van der Waals surface area contributed by atoms with Crippen LogP contribution in [-0.4, -0.2) is 23.6 Å². The highest BCUT2D eigenvalue weighted by atomic mass is 127. The minimum absolute atomic E-state index is 0.294. The zero-order valence-electron chi connectivity index (χ0n) is 12.0. The number of rotatable bonds is 3. The molecule has 0 saturated heterocycles. The van der Waals surface area contributed by atoms with E-state index in [0.29, 0.717) is 5.69 Å². The molecule has 0 aliphatic rings. The largest absolute Gasteiger partial charge is 0.444 e. The number of carbonyl (C=O) groups is 2. The van der Waals surface area contributed by atoms with Gasteiger partial charge in [0.15, 0.2) is 0 Å². The fourth-order valence-corrected chi connectivity index (χ4v) is 1.91. The van der Waals surface area contributed by atoms with Crippen LogP contribution in [0.1, 0.15) is 27.7 Å². The normalized spacial score (nSPS) is 12.4. The SMILES string of the molecule is CC(NC(=O)OC(C)(C)C)C(=O)Nc1cccc(I)c1. The lowest BCUT2D eigenvalue weighted by atomic mass is 10.2. The Kier molecular flexibility index (Phi) is 5.79. The molecule has 1 unspecified atom stereocenters. The van der Waals surface area contributed by atoms with Crippen LogP contribution in [0.5, 0.6) is 0 Å². The summed E-state index contributed by atoms with van der Waals surface area (Å²) in [5, 5.41) is 5.23. The van der Waals surface area contributed by atoms with E-state index in [4.69, 9.17) is 4.74 Å². The molecule has 20 heavy (non-hydrogen) atoms. The number of benzene rings is 1. The highest BCUT2D eigenvalue weighted by molar-refractivity contribution is 14.1. The summed E-state index contributed by atoms with van der Waals surface area (Å²) in [6.45, 7) is 6.91. The van der Waals surface area contributed by atoms with Crippen LogP contribution in [0.4, 0.5) is 10.5 Å². The Balaban J connectivity index is 2.53. The number of hydrogen-bond donors (Lipinski definition) is 2. The maximum atomic E-state index is 11.9. The lowest BCUT2D eigenvalue weighted by Gasteiger charge is -2.21. The molecule has 0 radical (unpaired) electrons. The molecule has 0 saturated carbocycles. The van der Waals surface area contributed by atoms with E-state index in [1.54, 1.807) is 33.8 Å². The number of anilines is 1. The van der Waals surface area contributed by atoms with Gasteiger partial charge in [-0.2, -0.15) is 0 Å². The first-order valence-electron chi connectivity index (χ1n) is 6.23. The van der Waals surface area contributed by atoms with Crippen molar-refractivity contribution in [3.8, 4) is 0 Å². The zero-order chi connectivity index (χ0) is 15.3. The van der Waals surface area contributed by atoms with Crippen molar-refractivity contribution in [1.29, 1.82) is 0 Å². The fraction of sp³-hybridized carbons (Fsp3) is 0.429. The first kappa shape index (κ1) is 16.7. The first-order chi connectivity index (χ1) is 9.17. The second-order valence-electron chi connectivity index (χ2n) is 5.37. The maximum absolute atomic E-state index is 11.9. The second kappa shape index (κ2) is 6.92. The van der Waals surface area contributed by atoms with Crippen LogP contribution in [0.2, 0.25) is 0 Å². The minimum atomic E-state index is -0.678. The third kappa shape index (κ3) is 6.23. The van der Waals surface area contributed by atoms with Gasteiger partial charge in [-0.05, 0) is 68.5 Å². The highest BCUT2D eigenvalue weighted by Crippen LogP contribution is 2.12. The number of halogens is 1. The Morgan fingerprint density at radius 2 is 1.95 bits per heavy atom. The molecular weight excluding hydrogens is 371 g/mol. The standard InChI is InChI=1S/C14H19IN2O3/c1-9(16-13(19)20-14(2,3)4)12(18)17-11-7-5-6-10(15)8-11/h5-9H,1-4H3,(H,16,19)(H,17,18). The van der Waals surface area contributed by atoms with Crippen LogP contribution in [0, 0.1) is 3.57 Å². The summed E-state index contributed by atoms with van der Waals surface area (Å²) < 4.78 is 6.12. The molecule has 1 aromatic carbocycles. The lowest BCUT2D eigenvalue weighted by Crippen LogP contribution is -2.43. The first-order valence-corrected chi connectivity index (χ1v) is 7.31. The Morgan fingerprint density at radius 1 is 1.30 bits per heavy atom. The van der Waals surface area contributed by atoms with Gasteiger partial charge in [0.2, 0.25) is 5.91 Å². The van der Waals surface area contributed by atoms with Gasteiger partial charge in [0, 0.05) is 9.26 Å². The quantitative estimate of drug-likeness (QED) is 0.780. The van der Waals surface area contributed by atoms with E-state index in [-0.39, 0.29) is 5.91 Å². The monoisotopic (exact) mass is 390 g/mol. The Bertz CT molecular complexity index is 497. The molecule has 110 valence electrons. The van der Waals surface area contributed by atoms with Crippen molar-refractivity contribution in [2.24, 2.45) is 0 Å². The second-order valence-corrected chi connectivity index (χ2v) is 6.61. The summed E-state index contributed by atoms with van der Waals surface area (Å²) in [4.78, 5) is 23.5. The topological polar surface area (TPSA) is 67.4 Å². The number of nitrogens with one attached hydrogen (secondary N) is 2. The smallest absolute Gasteiger partial charge is 0.408 e. The van der Waals surface area contributed by atoms with E-state index in [2.05, 4.69) is 33.2 Å². The van der Waals surface area contributed by atoms with Gasteiger partial charge in [0.25, 0.3) is 0 Å². The Labute approximate surface area is 132 Å². The summed E-state index contributed by atoms with van der Waals surface area (Å²) >= 11 is 2.16. The third-order valence-corrected chi connectivity index (χ3v) is 2.89. The van der Waals surface area contributed by atoms with E-state index < -0.39 is 17.7 Å². The number of ether oxygens (including phenoxy) is 1. The van der Waals surface area contributed by atoms with Crippen molar-refractivity contribution >= 4 is 40.3 Å². The van der Waals surface area contributed by atoms with Crippen LogP contribution in [0.3, 0.4) is 0 Å². The molecule has 6 heteroatoms. The summed E-state index contributed by atoms with van der Waals surface area (Å²) in [6.07, 6.45) is -0.609. The number of hydrogen-bond acceptors (Lipinski definition) is 3. The minimum Gasteiger partial charge on any atom is -0.444 e. The molecule has 0 aliphatic heterocycles. The predicted octanol–water partition coefficient (Wildman–Crippen LogP) is 3.14. The molecular formula is C14H19IN2O3. The van der Waals surface area contributed by atoms with E-state index in [1.807, 2.05) is 18.2 Å². The number of alkyl carbamates (subject to hydrolysis) is 1. The van der Waals surface area contributed by atoms with Gasteiger partial charge in [0.1, 0.15) is 11.6 Å². The van der Waals surface area contributed by atoms with Gasteiger partial charge >= 0.3 is 6.09 Å². The number of carbonyl (C=O) groups excluding carboxylic acids is 2. The summed E-state index contributed by atoms with van der Waals surface area (Å²) in [7, 11) is 0. The van der Waals surface area contributed by atoms with Crippen molar-refractivity contribution in [2.75, 3.05) is 5.32 Å². The average Bonchev–Trinajstić information content (AvgIpc) is 2.25. The third-order valence-electron chi connectivity index (χ3n) is 2.22. The maximum Gasteiger partial charge on any atom is 0.408 e. The van der Waals surface area contributed by atoms with Crippen LogP contribution < -0.4 is 10.6 Å². The van der Waals surface area contributed by atoms with Gasteiger partial charge in [0.05, 0.1) is 0 Å². The van der Waals surface area contributed by atoms with E-state index in [1.165, 1.54) is 0 Å². The van der Waals surface area contributed by atoms with Crippen molar-refractivity contribution < 1.29 is 14.3 Å². The number of amides is 2. The zero-order valence-corrected chi connectivity index (χ0v) is 14.1. The van der Waals surface area contributed by atoms with Gasteiger partial charge in [-0.25, -0.2) is 4.79 Å². The van der Waals surface area contributed by atoms with E-state index >= 15 is 0 Å². The van der Waals surface area contributed by atoms with Crippen LogP contribution in [0.15, 0.2) is 24.3 Å². The summed E-state index contributed by atoms with van der Waals surface area (Å²) in [5.41, 5.74) is 0.107. The van der Waals surface area contributed by atoms with Gasteiger partial charge in [-0.15, -0.1) is 0 Å². The summed E-state index contributed by atoms with van der Waals surface area (Å²) in [6, 6.07) is 6.74. The van der Waals surface area contributed by atoms with Crippen molar-refractivity contribution in [1.82, 2.24) is 5.32 Å². The molecule has 0 fully saturated rings. The molecule has 1 aromatic rings. The van der Waals surface area contributed by atoms with E-state index in [0.717, 1.165) is 3.57 Å². The predicted molar refractivity (Wildman–Crippen MR) is 86.6 cm³/mol. The average molecular weight is 390 g/mol. The molecule has 0 bridgehead atoms. The van der Waals surface area contributed by atoms with Gasteiger partial charge < -0.3 is 15.4 Å². The van der Waals surface area contributed by atoms with Crippen molar-refractivity contribution in [2.45, 2.75) is 39.3 Å². The van der Waals surface area contributed by atoms with Crippen LogP contribution >= 0.6 is 22.6 Å². The van der Waals surface area contributed by atoms with Crippen molar-refractivity contribution in [3.63, 3.8) is 0 Å². The highest BCUT2D eigenvalue weighted by Gasteiger charge is 2.20. The lowest BCUT2D eigenvalue weighted by molar-refractivity contribution is -0.117. The van der Waals surface area contributed by atoms with Gasteiger partial charge in [-0.1, -0.05) is 6.07 Å². The molecule has 0 spiro atoms. The molecule has 0 aromatic heterocycles. The molecule has 5 nitrogen and oxygen atoms in total. The molecule has 2 amide bonds. The van der Waals surface area contributed by atoms with Crippen molar-refractivity contribution in [3.05, 3.63) is 27.8 Å².